The number of benzene rings is 2. The summed E-state index contributed by atoms with van der Waals surface area (Å²) in [6.45, 7) is 1.89. The van der Waals surface area contributed by atoms with Crippen LogP contribution in [0.5, 0.6) is 0 Å². The summed E-state index contributed by atoms with van der Waals surface area (Å²) in [5.74, 6) is 1.04. The summed E-state index contributed by atoms with van der Waals surface area (Å²) in [6, 6.07) is 10.0. The van der Waals surface area contributed by atoms with Crippen LogP contribution in [0.2, 0.25) is 0 Å². The van der Waals surface area contributed by atoms with Gasteiger partial charge >= 0.3 is 0 Å². The minimum atomic E-state index is -3.39. The van der Waals surface area contributed by atoms with Gasteiger partial charge in [-0.3, -0.25) is 9.30 Å². The molecular formula is C22H22FN3O3S. The van der Waals surface area contributed by atoms with Crippen LogP contribution < -0.4 is 9.62 Å². The fourth-order valence-corrected chi connectivity index (χ4v) is 5.24. The van der Waals surface area contributed by atoms with Gasteiger partial charge in [-0.15, -0.1) is 0 Å². The van der Waals surface area contributed by atoms with Crippen molar-refractivity contribution in [2.24, 2.45) is 4.99 Å². The van der Waals surface area contributed by atoms with Gasteiger partial charge in [-0.05, 0) is 55.2 Å². The Morgan fingerprint density at radius 2 is 1.97 bits per heavy atom. The first kappa shape index (κ1) is 19.1. The van der Waals surface area contributed by atoms with E-state index in [0.29, 0.717) is 30.1 Å². The average Bonchev–Trinajstić information content (AvgIpc) is 3.29. The van der Waals surface area contributed by atoms with Gasteiger partial charge in [-0.1, -0.05) is 0 Å². The fraction of sp³-hybridized carbons (Fsp3) is 0.318. The van der Waals surface area contributed by atoms with Gasteiger partial charge < -0.3 is 9.73 Å². The molecule has 0 saturated carbocycles. The first-order valence-corrected chi connectivity index (χ1v) is 11.9. The van der Waals surface area contributed by atoms with Gasteiger partial charge in [0.2, 0.25) is 10.0 Å². The standard InChI is InChI=1S/C22H22FN3O3S/c1-30(27,28)26-11-3-2-4-15-12-17-19(13-18(15)26)29-21(14-5-7-16(23)8-6-14)20(17)22-24-9-10-25-22/h5-8,12-13H,2-4,9-11H2,1H3,(H,24,25). The maximum atomic E-state index is 13.5. The Morgan fingerprint density at radius 1 is 1.17 bits per heavy atom. The SMILES string of the molecule is CS(=O)(=O)N1CCCCc2cc3c(C4=NCCN4)c(-c4ccc(F)cc4)oc3cc21. The van der Waals surface area contributed by atoms with Crippen LogP contribution in [0, 0.1) is 5.82 Å². The Hall–Kier alpha value is -2.87. The highest BCUT2D eigenvalue weighted by Crippen LogP contribution is 2.39. The minimum Gasteiger partial charge on any atom is -0.455 e. The summed E-state index contributed by atoms with van der Waals surface area (Å²) in [7, 11) is -3.39. The lowest BCUT2D eigenvalue weighted by Gasteiger charge is -2.22. The molecule has 1 N–H and O–H groups in total. The molecule has 2 aliphatic heterocycles. The van der Waals surface area contributed by atoms with Crippen molar-refractivity contribution in [2.45, 2.75) is 19.3 Å². The Labute approximate surface area is 174 Å². The van der Waals surface area contributed by atoms with E-state index in [9.17, 15) is 12.8 Å². The number of aliphatic imine (C=N–C) groups is 1. The van der Waals surface area contributed by atoms with Crippen molar-refractivity contribution in [1.82, 2.24) is 5.32 Å². The lowest BCUT2D eigenvalue weighted by molar-refractivity contribution is 0.595. The van der Waals surface area contributed by atoms with E-state index >= 15 is 0 Å². The maximum Gasteiger partial charge on any atom is 0.232 e. The highest BCUT2D eigenvalue weighted by atomic mass is 32.2. The van der Waals surface area contributed by atoms with Crippen molar-refractivity contribution < 1.29 is 17.2 Å². The van der Waals surface area contributed by atoms with Gasteiger partial charge in [0.25, 0.3) is 0 Å². The molecule has 0 atom stereocenters. The quantitative estimate of drug-likeness (QED) is 0.692. The molecule has 3 aromatic rings. The molecule has 0 spiro atoms. The first-order chi connectivity index (χ1) is 14.4. The zero-order valence-electron chi connectivity index (χ0n) is 16.6. The Morgan fingerprint density at radius 3 is 2.67 bits per heavy atom. The molecule has 8 heteroatoms. The third kappa shape index (κ3) is 3.25. The molecule has 30 heavy (non-hydrogen) atoms. The minimum absolute atomic E-state index is 0.316. The van der Waals surface area contributed by atoms with Gasteiger partial charge in [0.1, 0.15) is 23.0 Å². The molecule has 0 saturated heterocycles. The van der Waals surface area contributed by atoms with Crippen LogP contribution >= 0.6 is 0 Å². The third-order valence-electron chi connectivity index (χ3n) is 5.63. The Kier molecular flexibility index (Phi) is 4.54. The van der Waals surface area contributed by atoms with Gasteiger partial charge in [0, 0.05) is 30.1 Å². The molecule has 3 heterocycles. The molecule has 0 aliphatic carbocycles. The van der Waals surface area contributed by atoms with Crippen molar-refractivity contribution >= 4 is 32.5 Å². The topological polar surface area (TPSA) is 74.9 Å². The number of sulfonamides is 1. The average molecular weight is 428 g/mol. The molecule has 6 nitrogen and oxygen atoms in total. The molecule has 156 valence electrons. The van der Waals surface area contributed by atoms with Crippen LogP contribution in [0.4, 0.5) is 10.1 Å². The number of hydrogen-bond acceptors (Lipinski definition) is 5. The van der Waals surface area contributed by atoms with E-state index in [4.69, 9.17) is 4.42 Å². The number of furan rings is 1. The van der Waals surface area contributed by atoms with Crippen LogP contribution in [0.25, 0.3) is 22.3 Å². The molecule has 0 radical (unpaired) electrons. The molecule has 2 aliphatic rings. The lowest BCUT2D eigenvalue weighted by Crippen LogP contribution is -2.30. The normalized spacial score (nSPS) is 16.9. The van der Waals surface area contributed by atoms with E-state index in [0.717, 1.165) is 53.7 Å². The number of anilines is 1. The summed E-state index contributed by atoms with van der Waals surface area (Å²) in [6.07, 6.45) is 3.77. The summed E-state index contributed by atoms with van der Waals surface area (Å²) >= 11 is 0. The number of rotatable bonds is 3. The number of nitrogens with one attached hydrogen (secondary N) is 1. The summed E-state index contributed by atoms with van der Waals surface area (Å²) in [5.41, 5.74) is 3.84. The van der Waals surface area contributed by atoms with Gasteiger partial charge in [0.05, 0.1) is 24.1 Å². The van der Waals surface area contributed by atoms with Crippen molar-refractivity contribution in [3.05, 3.63) is 53.3 Å². The van der Waals surface area contributed by atoms with E-state index in [1.54, 1.807) is 12.1 Å². The molecule has 1 aromatic heterocycles. The molecular weight excluding hydrogens is 405 g/mol. The van der Waals surface area contributed by atoms with E-state index in [-0.39, 0.29) is 5.82 Å². The van der Waals surface area contributed by atoms with E-state index in [1.807, 2.05) is 12.1 Å². The lowest BCUT2D eigenvalue weighted by atomic mass is 10.0. The highest BCUT2D eigenvalue weighted by molar-refractivity contribution is 7.92. The number of nitrogens with zero attached hydrogens (tertiary/aromatic N) is 2. The smallest absolute Gasteiger partial charge is 0.232 e. The van der Waals surface area contributed by atoms with Crippen LogP contribution in [0.3, 0.4) is 0 Å². The van der Waals surface area contributed by atoms with Crippen LogP contribution in [0.1, 0.15) is 24.0 Å². The van der Waals surface area contributed by atoms with E-state index < -0.39 is 10.0 Å². The zero-order chi connectivity index (χ0) is 20.9. The molecule has 0 fully saturated rings. The molecule has 5 rings (SSSR count). The van der Waals surface area contributed by atoms with Crippen LogP contribution in [-0.2, 0) is 16.4 Å². The largest absolute Gasteiger partial charge is 0.455 e. The maximum absolute atomic E-state index is 13.5. The number of aryl methyl sites for hydroxylation is 1. The van der Waals surface area contributed by atoms with Crippen molar-refractivity contribution in [1.29, 1.82) is 0 Å². The third-order valence-corrected chi connectivity index (χ3v) is 6.81. The second kappa shape index (κ2) is 7.12. The zero-order valence-corrected chi connectivity index (χ0v) is 17.4. The Balaban J connectivity index is 1.77. The molecule has 0 bridgehead atoms. The second-order valence-electron chi connectivity index (χ2n) is 7.74. The number of amidine groups is 1. The summed E-state index contributed by atoms with van der Waals surface area (Å²) < 4.78 is 46.0. The predicted molar refractivity (Wildman–Crippen MR) is 116 cm³/mol. The van der Waals surface area contributed by atoms with Gasteiger partial charge in [-0.25, -0.2) is 12.8 Å². The second-order valence-corrected chi connectivity index (χ2v) is 9.65. The Bertz CT molecular complexity index is 1260. The van der Waals surface area contributed by atoms with Gasteiger partial charge in [0.15, 0.2) is 0 Å². The fourth-order valence-electron chi connectivity index (χ4n) is 4.25. The summed E-state index contributed by atoms with van der Waals surface area (Å²) in [4.78, 5) is 4.58. The van der Waals surface area contributed by atoms with Crippen LogP contribution in [-0.4, -0.2) is 40.1 Å². The highest BCUT2D eigenvalue weighted by Gasteiger charge is 2.27. The molecule has 0 unspecified atom stereocenters. The molecule has 2 aromatic carbocycles. The first-order valence-electron chi connectivity index (χ1n) is 10.0. The monoisotopic (exact) mass is 427 g/mol. The van der Waals surface area contributed by atoms with E-state index in [1.165, 1.54) is 22.7 Å². The van der Waals surface area contributed by atoms with Crippen LogP contribution in [0.15, 0.2) is 45.8 Å². The van der Waals surface area contributed by atoms with Crippen molar-refractivity contribution in [2.75, 3.05) is 30.2 Å². The number of fused-ring (bicyclic) bond motifs is 2. The molecule has 0 amide bonds. The van der Waals surface area contributed by atoms with Crippen molar-refractivity contribution in [3.8, 4) is 11.3 Å². The summed E-state index contributed by atoms with van der Waals surface area (Å²) in [5, 5.41) is 4.19. The number of halogens is 1. The van der Waals surface area contributed by atoms with Gasteiger partial charge in [-0.2, -0.15) is 0 Å². The van der Waals surface area contributed by atoms with Crippen molar-refractivity contribution in [3.63, 3.8) is 0 Å². The van der Waals surface area contributed by atoms with E-state index in [2.05, 4.69) is 10.3 Å². The number of hydrogen-bond donors (Lipinski definition) is 1. The predicted octanol–water partition coefficient (Wildman–Crippen LogP) is 3.69.